The van der Waals surface area contributed by atoms with E-state index in [4.69, 9.17) is 10.5 Å². The van der Waals surface area contributed by atoms with Gasteiger partial charge in [0, 0.05) is 30.6 Å². The molecule has 1 aliphatic heterocycles. The number of piperidine rings is 1. The zero-order valence-electron chi connectivity index (χ0n) is 15.1. The van der Waals surface area contributed by atoms with Crippen molar-refractivity contribution in [1.29, 1.82) is 0 Å². The molecule has 1 saturated heterocycles. The Balaban J connectivity index is 1.74. The molecule has 0 spiro atoms. The van der Waals surface area contributed by atoms with Gasteiger partial charge in [0.15, 0.2) is 0 Å². The first-order valence-electron chi connectivity index (χ1n) is 8.77. The van der Waals surface area contributed by atoms with Crippen LogP contribution in [0.25, 0.3) is 11.3 Å². The number of benzene rings is 1. The number of aromatic nitrogens is 2. The largest absolute Gasteiger partial charge is 0.497 e. The smallest absolute Gasteiger partial charge is 0.267 e. The summed E-state index contributed by atoms with van der Waals surface area (Å²) in [7, 11) is 1.58. The third-order valence-electron chi connectivity index (χ3n) is 4.77. The summed E-state index contributed by atoms with van der Waals surface area (Å²) in [5, 5.41) is 4.32. The number of nitrogens with zero attached hydrogens (tertiary/aromatic N) is 3. The van der Waals surface area contributed by atoms with E-state index in [1.807, 2.05) is 24.3 Å². The predicted octanol–water partition coefficient (Wildman–Crippen LogP) is 0.643. The highest BCUT2D eigenvalue weighted by Gasteiger charge is 2.26. The summed E-state index contributed by atoms with van der Waals surface area (Å²) < 4.78 is 6.37. The van der Waals surface area contributed by atoms with Gasteiger partial charge in [0.2, 0.25) is 11.8 Å². The van der Waals surface area contributed by atoms with E-state index < -0.39 is 0 Å². The van der Waals surface area contributed by atoms with Gasteiger partial charge in [-0.25, -0.2) is 4.68 Å². The maximum absolute atomic E-state index is 12.5. The molecule has 0 saturated carbocycles. The first-order valence-corrected chi connectivity index (χ1v) is 8.77. The van der Waals surface area contributed by atoms with Crippen LogP contribution < -0.4 is 16.0 Å². The fraction of sp³-hybridized carbons (Fsp3) is 0.368. The van der Waals surface area contributed by atoms with E-state index in [2.05, 4.69) is 5.10 Å². The molecule has 1 aliphatic rings. The molecule has 1 aromatic carbocycles. The molecule has 27 heavy (non-hydrogen) atoms. The highest BCUT2D eigenvalue weighted by atomic mass is 16.5. The zero-order chi connectivity index (χ0) is 19.4. The molecule has 142 valence electrons. The number of ether oxygens (including phenoxy) is 1. The minimum Gasteiger partial charge on any atom is -0.497 e. The Labute approximate surface area is 156 Å². The summed E-state index contributed by atoms with van der Waals surface area (Å²) in [6.45, 7) is 0.769. The Morgan fingerprint density at radius 3 is 2.63 bits per heavy atom. The molecule has 8 heteroatoms. The van der Waals surface area contributed by atoms with Gasteiger partial charge in [-0.05, 0) is 31.0 Å². The van der Waals surface area contributed by atoms with E-state index >= 15 is 0 Å². The lowest BCUT2D eigenvalue weighted by Crippen LogP contribution is -2.44. The number of hydrogen-bond acceptors (Lipinski definition) is 5. The van der Waals surface area contributed by atoms with Gasteiger partial charge in [0.1, 0.15) is 12.3 Å². The molecule has 2 aromatic rings. The molecular formula is C19H22N4O4. The normalized spacial score (nSPS) is 14.8. The number of carbonyl (C=O) groups excluding carboxylic acids is 2. The maximum Gasteiger partial charge on any atom is 0.267 e. The van der Waals surface area contributed by atoms with Crippen molar-refractivity contribution in [2.45, 2.75) is 19.4 Å². The van der Waals surface area contributed by atoms with Crippen LogP contribution in [0.3, 0.4) is 0 Å². The molecule has 0 unspecified atom stereocenters. The van der Waals surface area contributed by atoms with Gasteiger partial charge < -0.3 is 15.4 Å². The van der Waals surface area contributed by atoms with Gasteiger partial charge in [0.05, 0.1) is 12.8 Å². The van der Waals surface area contributed by atoms with E-state index in [-0.39, 0.29) is 29.8 Å². The van der Waals surface area contributed by atoms with Crippen LogP contribution >= 0.6 is 0 Å². The van der Waals surface area contributed by atoms with Crippen LogP contribution in [-0.4, -0.2) is 46.7 Å². The van der Waals surface area contributed by atoms with E-state index in [1.54, 1.807) is 18.1 Å². The highest BCUT2D eigenvalue weighted by Crippen LogP contribution is 2.21. The number of amides is 2. The van der Waals surface area contributed by atoms with Crippen molar-refractivity contribution in [3.8, 4) is 17.0 Å². The Hall–Kier alpha value is -3.16. The molecule has 2 N–H and O–H groups in total. The molecule has 1 aromatic heterocycles. The van der Waals surface area contributed by atoms with E-state index in [0.717, 1.165) is 10.2 Å². The second kappa shape index (κ2) is 8.03. The van der Waals surface area contributed by atoms with Crippen LogP contribution in [0.2, 0.25) is 0 Å². The Morgan fingerprint density at radius 1 is 1.22 bits per heavy atom. The van der Waals surface area contributed by atoms with E-state index in [0.29, 0.717) is 37.4 Å². The average molecular weight is 370 g/mol. The average Bonchev–Trinajstić information content (AvgIpc) is 2.69. The van der Waals surface area contributed by atoms with Crippen molar-refractivity contribution in [3.63, 3.8) is 0 Å². The van der Waals surface area contributed by atoms with Gasteiger partial charge in [-0.3, -0.25) is 14.4 Å². The molecule has 0 aliphatic carbocycles. The van der Waals surface area contributed by atoms with Gasteiger partial charge in [0.25, 0.3) is 5.56 Å². The lowest BCUT2D eigenvalue weighted by Gasteiger charge is -2.30. The number of primary amides is 1. The summed E-state index contributed by atoms with van der Waals surface area (Å²) in [5.74, 6) is -0.0342. The van der Waals surface area contributed by atoms with Gasteiger partial charge in [-0.15, -0.1) is 0 Å². The maximum atomic E-state index is 12.5. The Morgan fingerprint density at radius 2 is 1.96 bits per heavy atom. The first-order chi connectivity index (χ1) is 13.0. The second-order valence-corrected chi connectivity index (χ2v) is 6.50. The summed E-state index contributed by atoms with van der Waals surface area (Å²) >= 11 is 0. The number of rotatable bonds is 5. The predicted molar refractivity (Wildman–Crippen MR) is 99.0 cm³/mol. The quantitative estimate of drug-likeness (QED) is 0.831. The summed E-state index contributed by atoms with van der Waals surface area (Å²) in [6, 6.07) is 10.3. The van der Waals surface area contributed by atoms with Crippen LogP contribution in [0, 0.1) is 5.92 Å². The lowest BCUT2D eigenvalue weighted by atomic mass is 9.96. The lowest BCUT2D eigenvalue weighted by molar-refractivity contribution is -0.135. The fourth-order valence-corrected chi connectivity index (χ4v) is 3.14. The Kier molecular flexibility index (Phi) is 5.54. The van der Waals surface area contributed by atoms with Gasteiger partial charge in [-0.2, -0.15) is 5.10 Å². The van der Waals surface area contributed by atoms with Crippen LogP contribution in [0.15, 0.2) is 41.2 Å². The van der Waals surface area contributed by atoms with Gasteiger partial charge in [-0.1, -0.05) is 12.1 Å². The van der Waals surface area contributed by atoms with Crippen molar-refractivity contribution in [1.82, 2.24) is 14.7 Å². The molecule has 8 nitrogen and oxygen atoms in total. The third-order valence-corrected chi connectivity index (χ3v) is 4.77. The molecule has 0 bridgehead atoms. The van der Waals surface area contributed by atoms with Crippen molar-refractivity contribution in [2.75, 3.05) is 20.2 Å². The first kappa shape index (κ1) is 18.6. The summed E-state index contributed by atoms with van der Waals surface area (Å²) in [6.07, 6.45) is 1.10. The summed E-state index contributed by atoms with van der Waals surface area (Å²) in [5.41, 5.74) is 6.34. The van der Waals surface area contributed by atoms with Crippen LogP contribution in [0.4, 0.5) is 0 Å². The molecule has 0 atom stereocenters. The van der Waals surface area contributed by atoms with Crippen LogP contribution in [0.1, 0.15) is 12.8 Å². The minimum atomic E-state index is -0.345. The van der Waals surface area contributed by atoms with E-state index in [1.165, 1.54) is 6.07 Å². The second-order valence-electron chi connectivity index (χ2n) is 6.50. The van der Waals surface area contributed by atoms with Crippen molar-refractivity contribution >= 4 is 11.8 Å². The fourth-order valence-electron chi connectivity index (χ4n) is 3.14. The van der Waals surface area contributed by atoms with Crippen molar-refractivity contribution in [2.24, 2.45) is 11.7 Å². The van der Waals surface area contributed by atoms with Crippen molar-refractivity contribution < 1.29 is 14.3 Å². The summed E-state index contributed by atoms with van der Waals surface area (Å²) in [4.78, 5) is 37.5. The topological polar surface area (TPSA) is 108 Å². The number of likely N-dealkylation sites (tertiary alicyclic amines) is 1. The van der Waals surface area contributed by atoms with Crippen LogP contribution in [0.5, 0.6) is 5.75 Å². The molecule has 3 rings (SSSR count). The molecule has 1 fully saturated rings. The van der Waals surface area contributed by atoms with Crippen molar-refractivity contribution in [3.05, 3.63) is 46.8 Å². The number of nitrogens with two attached hydrogens (primary N) is 1. The molecule has 2 heterocycles. The zero-order valence-corrected chi connectivity index (χ0v) is 15.1. The SMILES string of the molecule is COc1cccc(-c2ccc(=O)n(CC(=O)N3CCC(C(N)=O)CC3)n2)c1. The monoisotopic (exact) mass is 370 g/mol. The van der Waals surface area contributed by atoms with Crippen LogP contribution in [-0.2, 0) is 16.1 Å². The number of methoxy groups -OCH3 is 1. The minimum absolute atomic E-state index is 0.141. The molecule has 0 radical (unpaired) electrons. The highest BCUT2D eigenvalue weighted by molar-refractivity contribution is 5.78. The molecule has 2 amide bonds. The standard InChI is InChI=1S/C19H22N4O4/c1-27-15-4-2-3-14(11-15)16-5-6-17(24)23(21-16)12-18(25)22-9-7-13(8-10-22)19(20)26/h2-6,11,13H,7-10,12H2,1H3,(H2,20,26). The van der Waals surface area contributed by atoms with Gasteiger partial charge >= 0.3 is 0 Å². The number of carbonyl (C=O) groups is 2. The molecular weight excluding hydrogens is 348 g/mol. The third kappa shape index (κ3) is 4.33. The van der Waals surface area contributed by atoms with E-state index in [9.17, 15) is 14.4 Å². The Bertz CT molecular complexity index is 901. The number of hydrogen-bond donors (Lipinski definition) is 1.